The Morgan fingerprint density at radius 3 is 2.74 bits per heavy atom. The molecule has 0 aromatic rings. The number of hydrogen-bond donors (Lipinski definition) is 1. The number of aliphatic hydroxyl groups excluding tert-OH is 1. The number of aliphatic hydroxyl groups is 1. The summed E-state index contributed by atoms with van der Waals surface area (Å²) in [7, 11) is 1.80. The highest BCUT2D eigenvalue weighted by Gasteiger charge is 2.43. The van der Waals surface area contributed by atoms with Gasteiger partial charge in [0.25, 0.3) is 0 Å². The van der Waals surface area contributed by atoms with Crippen molar-refractivity contribution in [2.75, 3.05) is 13.7 Å². The smallest absolute Gasteiger partial charge is 0.0609 e. The predicted molar refractivity (Wildman–Crippen MR) is 95.1 cm³/mol. The van der Waals surface area contributed by atoms with Crippen LogP contribution in [0.4, 0.5) is 0 Å². The average molecular weight is 316 g/mol. The van der Waals surface area contributed by atoms with Gasteiger partial charge in [-0.1, -0.05) is 50.1 Å². The largest absolute Gasteiger partial charge is 0.392 e. The molecule has 0 bridgehead atoms. The molecule has 2 heteroatoms. The molecule has 0 saturated heterocycles. The highest BCUT2D eigenvalue weighted by molar-refractivity contribution is 5.47. The minimum absolute atomic E-state index is 0.0232. The van der Waals surface area contributed by atoms with Crippen LogP contribution >= 0.6 is 0 Å². The summed E-state index contributed by atoms with van der Waals surface area (Å²) in [5.74, 6) is 1.87. The molecule has 2 nitrogen and oxygen atoms in total. The van der Waals surface area contributed by atoms with E-state index in [-0.39, 0.29) is 11.5 Å². The lowest BCUT2D eigenvalue weighted by atomic mass is 9.70. The van der Waals surface area contributed by atoms with E-state index >= 15 is 0 Å². The number of allylic oxidation sites excluding steroid dienone is 4. The zero-order valence-corrected chi connectivity index (χ0v) is 15.3. The third kappa shape index (κ3) is 2.85. The Morgan fingerprint density at radius 2 is 2.09 bits per heavy atom. The van der Waals surface area contributed by atoms with E-state index in [0.29, 0.717) is 23.7 Å². The molecule has 23 heavy (non-hydrogen) atoms. The molecule has 1 N–H and O–H groups in total. The molecule has 1 saturated carbocycles. The maximum absolute atomic E-state index is 10.9. The second kappa shape index (κ2) is 6.22. The van der Waals surface area contributed by atoms with Crippen molar-refractivity contribution in [3.63, 3.8) is 0 Å². The van der Waals surface area contributed by atoms with Gasteiger partial charge in [0.1, 0.15) is 0 Å². The first-order valence-corrected chi connectivity index (χ1v) is 9.19. The standard InChI is InChI=1S/C21H32O2/c1-13(2)16-8-9-21(4)11-18-15(12-23-5)6-7-17(18)14(3)20(22)10-19(16)21/h8-9,11,13-15,17,20,22H,6-7,10,12H2,1-5H3/b18-11-. The zero-order chi connectivity index (χ0) is 16.8. The van der Waals surface area contributed by atoms with Gasteiger partial charge in [0.05, 0.1) is 12.7 Å². The molecule has 5 atom stereocenters. The van der Waals surface area contributed by atoms with Crippen LogP contribution in [-0.4, -0.2) is 24.9 Å². The summed E-state index contributed by atoms with van der Waals surface area (Å²) in [6.07, 6.45) is 10.1. The third-order valence-electron chi connectivity index (χ3n) is 6.44. The van der Waals surface area contributed by atoms with Crippen molar-refractivity contribution < 1.29 is 9.84 Å². The van der Waals surface area contributed by atoms with Crippen LogP contribution in [0, 0.1) is 29.1 Å². The molecule has 3 rings (SSSR count). The van der Waals surface area contributed by atoms with E-state index in [1.807, 2.05) is 0 Å². The molecule has 0 spiro atoms. The summed E-state index contributed by atoms with van der Waals surface area (Å²) in [6.45, 7) is 9.88. The van der Waals surface area contributed by atoms with Gasteiger partial charge in [0.15, 0.2) is 0 Å². The van der Waals surface area contributed by atoms with Crippen LogP contribution in [0.25, 0.3) is 0 Å². The Balaban J connectivity index is 2.09. The maximum Gasteiger partial charge on any atom is 0.0609 e. The monoisotopic (exact) mass is 316 g/mol. The molecule has 3 aliphatic rings. The lowest BCUT2D eigenvalue weighted by molar-refractivity contribution is 0.0866. The third-order valence-corrected chi connectivity index (χ3v) is 6.44. The van der Waals surface area contributed by atoms with Crippen molar-refractivity contribution in [3.05, 3.63) is 34.9 Å². The quantitative estimate of drug-likeness (QED) is 0.776. The van der Waals surface area contributed by atoms with Gasteiger partial charge in [0, 0.05) is 18.4 Å². The Kier molecular flexibility index (Phi) is 4.59. The van der Waals surface area contributed by atoms with Crippen LogP contribution in [0.5, 0.6) is 0 Å². The van der Waals surface area contributed by atoms with Crippen molar-refractivity contribution in [2.45, 2.75) is 53.1 Å². The van der Waals surface area contributed by atoms with E-state index in [0.717, 1.165) is 13.0 Å². The predicted octanol–water partition coefficient (Wildman–Crippen LogP) is 4.51. The Labute approximate surface area is 141 Å². The van der Waals surface area contributed by atoms with Crippen molar-refractivity contribution in [3.8, 4) is 0 Å². The van der Waals surface area contributed by atoms with Crippen LogP contribution in [-0.2, 0) is 4.74 Å². The fourth-order valence-electron chi connectivity index (χ4n) is 4.99. The van der Waals surface area contributed by atoms with Crippen LogP contribution in [0.3, 0.4) is 0 Å². The van der Waals surface area contributed by atoms with Crippen molar-refractivity contribution in [1.29, 1.82) is 0 Å². The molecule has 0 aromatic carbocycles. The normalized spacial score (nSPS) is 42.3. The molecule has 3 aliphatic carbocycles. The second-order valence-electron chi connectivity index (χ2n) is 8.32. The number of rotatable bonds is 3. The Hall–Kier alpha value is -0.860. The van der Waals surface area contributed by atoms with Crippen LogP contribution in [0.15, 0.2) is 34.9 Å². The molecule has 128 valence electrons. The number of ether oxygens (including phenoxy) is 1. The zero-order valence-electron chi connectivity index (χ0n) is 15.3. The highest BCUT2D eigenvalue weighted by Crippen LogP contribution is 2.52. The van der Waals surface area contributed by atoms with E-state index < -0.39 is 0 Å². The molecule has 0 aromatic heterocycles. The van der Waals surface area contributed by atoms with E-state index in [9.17, 15) is 5.11 Å². The fourth-order valence-corrected chi connectivity index (χ4v) is 4.99. The van der Waals surface area contributed by atoms with Gasteiger partial charge in [0.2, 0.25) is 0 Å². The average Bonchev–Trinajstić information content (AvgIpc) is 3.01. The minimum atomic E-state index is -0.243. The van der Waals surface area contributed by atoms with Crippen LogP contribution in [0.1, 0.15) is 47.0 Å². The summed E-state index contributed by atoms with van der Waals surface area (Å²) in [5, 5.41) is 10.9. The van der Waals surface area contributed by atoms with Gasteiger partial charge in [-0.3, -0.25) is 0 Å². The van der Waals surface area contributed by atoms with Crippen LogP contribution < -0.4 is 0 Å². The van der Waals surface area contributed by atoms with Crippen molar-refractivity contribution >= 4 is 0 Å². The molecule has 0 heterocycles. The summed E-state index contributed by atoms with van der Waals surface area (Å²) in [6, 6.07) is 0. The second-order valence-corrected chi connectivity index (χ2v) is 8.32. The Bertz CT molecular complexity index is 554. The minimum Gasteiger partial charge on any atom is -0.392 e. The molecular weight excluding hydrogens is 284 g/mol. The first-order valence-electron chi connectivity index (χ1n) is 9.19. The molecule has 1 fully saturated rings. The topological polar surface area (TPSA) is 29.5 Å². The molecule has 0 radical (unpaired) electrons. The Morgan fingerprint density at radius 1 is 1.35 bits per heavy atom. The number of methoxy groups -OCH3 is 1. The van der Waals surface area contributed by atoms with Gasteiger partial charge in [-0.05, 0) is 49.5 Å². The van der Waals surface area contributed by atoms with Gasteiger partial charge < -0.3 is 9.84 Å². The van der Waals surface area contributed by atoms with Crippen molar-refractivity contribution in [2.24, 2.45) is 29.1 Å². The number of fused-ring (bicyclic) bond motifs is 2. The lowest BCUT2D eigenvalue weighted by Gasteiger charge is -2.36. The summed E-state index contributed by atoms with van der Waals surface area (Å²) < 4.78 is 5.48. The number of hydrogen-bond acceptors (Lipinski definition) is 2. The summed E-state index contributed by atoms with van der Waals surface area (Å²) in [5.41, 5.74) is 4.37. The highest BCUT2D eigenvalue weighted by atomic mass is 16.5. The molecule has 0 aliphatic heterocycles. The summed E-state index contributed by atoms with van der Waals surface area (Å²) >= 11 is 0. The first-order chi connectivity index (χ1) is 10.9. The van der Waals surface area contributed by atoms with Gasteiger partial charge in [-0.25, -0.2) is 0 Å². The van der Waals surface area contributed by atoms with Crippen molar-refractivity contribution in [1.82, 2.24) is 0 Å². The maximum atomic E-state index is 10.9. The molecular formula is C21H32O2. The summed E-state index contributed by atoms with van der Waals surface area (Å²) in [4.78, 5) is 0. The van der Waals surface area contributed by atoms with Gasteiger partial charge >= 0.3 is 0 Å². The van der Waals surface area contributed by atoms with E-state index in [1.54, 1.807) is 7.11 Å². The van der Waals surface area contributed by atoms with E-state index in [2.05, 4.69) is 45.9 Å². The SMILES string of the molecule is COCC1CCC2/C1=C\C1(C)C=CC(C(C)C)=C1CC(O)C2C. The van der Waals surface area contributed by atoms with Gasteiger partial charge in [-0.15, -0.1) is 0 Å². The van der Waals surface area contributed by atoms with E-state index in [1.165, 1.54) is 29.6 Å². The van der Waals surface area contributed by atoms with Crippen LogP contribution in [0.2, 0.25) is 0 Å². The van der Waals surface area contributed by atoms with Gasteiger partial charge in [-0.2, -0.15) is 0 Å². The fraction of sp³-hybridized carbons (Fsp3) is 0.714. The molecule has 5 unspecified atom stereocenters. The first kappa shape index (κ1) is 17.0. The lowest BCUT2D eigenvalue weighted by Crippen LogP contribution is -2.32. The van der Waals surface area contributed by atoms with E-state index in [4.69, 9.17) is 4.74 Å². The molecule has 0 amide bonds.